The van der Waals surface area contributed by atoms with Crippen LogP contribution >= 0.6 is 0 Å². The summed E-state index contributed by atoms with van der Waals surface area (Å²) in [6.45, 7) is 1.34. The fourth-order valence-corrected chi connectivity index (χ4v) is 4.07. The third-order valence-corrected chi connectivity index (χ3v) is 5.97. The lowest BCUT2D eigenvalue weighted by atomic mass is 9.84. The molecule has 0 bridgehead atoms. The second-order valence-electron chi connectivity index (χ2n) is 7.96. The molecule has 9 nitrogen and oxygen atoms in total. The number of nitrogens with one attached hydrogen (secondary N) is 1. The number of amides is 1. The smallest absolute Gasteiger partial charge is 0.254 e. The van der Waals surface area contributed by atoms with Gasteiger partial charge in [-0.05, 0) is 37.1 Å². The number of halogens is 1. The Hall–Kier alpha value is -4.13. The number of carbonyl (C=O) groups is 1. The van der Waals surface area contributed by atoms with Crippen molar-refractivity contribution in [1.82, 2.24) is 14.8 Å². The third-order valence-electron chi connectivity index (χ3n) is 5.97. The van der Waals surface area contributed by atoms with Gasteiger partial charge >= 0.3 is 0 Å². The number of nitrogens with zero attached hydrogens (tertiary/aromatic N) is 5. The number of methoxy groups -OCH3 is 1. The molecular weight excluding hydrogens is 425 g/mol. The lowest BCUT2D eigenvalue weighted by molar-refractivity contribution is 0.100. The Morgan fingerprint density at radius 1 is 1.30 bits per heavy atom. The summed E-state index contributed by atoms with van der Waals surface area (Å²) >= 11 is 0. The quantitative estimate of drug-likeness (QED) is 0.568. The van der Waals surface area contributed by atoms with Gasteiger partial charge in [0, 0.05) is 31.0 Å². The highest BCUT2D eigenvalue weighted by atomic mass is 19.1. The van der Waals surface area contributed by atoms with Crippen molar-refractivity contribution in [2.45, 2.75) is 24.8 Å². The zero-order valence-electron chi connectivity index (χ0n) is 18.2. The van der Waals surface area contributed by atoms with E-state index in [1.165, 1.54) is 12.1 Å². The van der Waals surface area contributed by atoms with Gasteiger partial charge < -0.3 is 20.7 Å². The number of nitriles is 1. The molecule has 1 saturated heterocycles. The van der Waals surface area contributed by atoms with Crippen molar-refractivity contribution in [3.05, 3.63) is 60.3 Å². The molecule has 1 amide bonds. The van der Waals surface area contributed by atoms with Gasteiger partial charge in [0.2, 0.25) is 0 Å². The number of piperidine rings is 1. The summed E-state index contributed by atoms with van der Waals surface area (Å²) in [7, 11) is 1.60. The predicted molar refractivity (Wildman–Crippen MR) is 121 cm³/mol. The first kappa shape index (κ1) is 22.1. The number of ether oxygens (including phenoxy) is 1. The molecule has 3 heterocycles. The summed E-state index contributed by atoms with van der Waals surface area (Å²) in [5, 5.41) is 17.2. The summed E-state index contributed by atoms with van der Waals surface area (Å²) in [5.41, 5.74) is 6.72. The van der Waals surface area contributed by atoms with Crippen molar-refractivity contribution in [1.29, 1.82) is 5.26 Å². The average molecular weight is 449 g/mol. The minimum atomic E-state index is -0.641. The van der Waals surface area contributed by atoms with E-state index in [9.17, 15) is 14.4 Å². The van der Waals surface area contributed by atoms with E-state index in [1.54, 1.807) is 42.5 Å². The summed E-state index contributed by atoms with van der Waals surface area (Å²) in [4.78, 5) is 18.5. The van der Waals surface area contributed by atoms with Gasteiger partial charge in [0.1, 0.15) is 17.1 Å². The van der Waals surface area contributed by atoms with Crippen LogP contribution in [0.25, 0.3) is 0 Å². The van der Waals surface area contributed by atoms with Gasteiger partial charge in [-0.15, -0.1) is 0 Å². The topological polar surface area (TPSA) is 122 Å². The molecule has 0 atom stereocenters. The molecule has 4 rings (SSSR count). The lowest BCUT2D eigenvalue weighted by Crippen LogP contribution is -2.46. The van der Waals surface area contributed by atoms with Crippen molar-refractivity contribution in [2.75, 3.05) is 30.4 Å². The molecule has 3 aromatic rings. The maximum Gasteiger partial charge on any atom is 0.254 e. The van der Waals surface area contributed by atoms with Crippen LogP contribution in [0, 0.1) is 17.1 Å². The van der Waals surface area contributed by atoms with Crippen molar-refractivity contribution in [3.8, 4) is 11.8 Å². The molecule has 3 N–H and O–H groups in total. The number of primary amides is 1. The molecule has 10 heteroatoms. The van der Waals surface area contributed by atoms with Crippen LogP contribution in [0.3, 0.4) is 0 Å². The van der Waals surface area contributed by atoms with Gasteiger partial charge in [-0.3, -0.25) is 14.5 Å². The first-order valence-electron chi connectivity index (χ1n) is 10.5. The maximum absolute atomic E-state index is 13.2. The van der Waals surface area contributed by atoms with Crippen LogP contribution in [-0.2, 0) is 5.54 Å². The number of nitrogens with two attached hydrogens (primary N) is 1. The Morgan fingerprint density at radius 3 is 2.67 bits per heavy atom. The van der Waals surface area contributed by atoms with E-state index in [0.29, 0.717) is 37.4 Å². The van der Waals surface area contributed by atoms with E-state index >= 15 is 0 Å². The van der Waals surface area contributed by atoms with Crippen LogP contribution in [0.2, 0.25) is 0 Å². The molecule has 33 heavy (non-hydrogen) atoms. The van der Waals surface area contributed by atoms with Crippen molar-refractivity contribution in [2.24, 2.45) is 5.73 Å². The highest BCUT2D eigenvalue weighted by Crippen LogP contribution is 2.36. The van der Waals surface area contributed by atoms with Gasteiger partial charge in [0.05, 0.1) is 43.2 Å². The van der Waals surface area contributed by atoms with Gasteiger partial charge in [-0.1, -0.05) is 0 Å². The molecule has 1 aliphatic heterocycles. The van der Waals surface area contributed by atoms with Crippen molar-refractivity contribution >= 4 is 23.1 Å². The van der Waals surface area contributed by atoms with E-state index in [1.807, 2.05) is 6.07 Å². The number of hydrogen-bond acceptors (Lipinski definition) is 7. The van der Waals surface area contributed by atoms with Crippen LogP contribution < -0.4 is 20.7 Å². The fraction of sp³-hybridized carbons (Fsp3) is 0.304. The zero-order valence-corrected chi connectivity index (χ0v) is 18.2. The number of anilines is 3. The number of benzene rings is 1. The average Bonchev–Trinajstić information content (AvgIpc) is 3.26. The lowest BCUT2D eigenvalue weighted by Gasteiger charge is -2.41. The number of carbonyl (C=O) groups excluding carboxylic acids is 1. The Labute approximate surface area is 190 Å². The molecule has 0 saturated carbocycles. The summed E-state index contributed by atoms with van der Waals surface area (Å²) in [5.74, 6) is -0.0630. The standard InChI is InChI=1S/C23H24FN7O2/c1-33-19-12-18(13-27-14-19)30-10-7-23(6-9-25,8-11-30)31-15-20(21(26)32)22(29-31)28-17-4-2-16(24)3-5-17/h2-5,12-15H,6-8,10-11H2,1H3,(H2,26,32)(H,28,29). The minimum absolute atomic E-state index is 0.205. The summed E-state index contributed by atoms with van der Waals surface area (Å²) in [6.07, 6.45) is 6.52. The molecular formula is C23H24FN7O2. The van der Waals surface area contributed by atoms with Gasteiger partial charge in [-0.2, -0.15) is 10.4 Å². The van der Waals surface area contributed by atoms with Crippen LogP contribution in [0.4, 0.5) is 21.6 Å². The van der Waals surface area contributed by atoms with Crippen LogP contribution in [0.15, 0.2) is 48.9 Å². The van der Waals surface area contributed by atoms with Gasteiger partial charge in [-0.25, -0.2) is 4.39 Å². The van der Waals surface area contributed by atoms with E-state index < -0.39 is 11.4 Å². The van der Waals surface area contributed by atoms with Crippen molar-refractivity contribution in [3.63, 3.8) is 0 Å². The first-order chi connectivity index (χ1) is 15.9. The first-order valence-corrected chi connectivity index (χ1v) is 10.5. The zero-order chi connectivity index (χ0) is 23.4. The highest BCUT2D eigenvalue weighted by molar-refractivity contribution is 5.98. The number of rotatable bonds is 7. The van der Waals surface area contributed by atoms with E-state index in [-0.39, 0.29) is 23.6 Å². The summed E-state index contributed by atoms with van der Waals surface area (Å²) < 4.78 is 20.2. The Morgan fingerprint density at radius 2 is 2.03 bits per heavy atom. The SMILES string of the molecule is COc1cncc(N2CCC(CC#N)(n3cc(C(N)=O)c(Nc4ccc(F)cc4)n3)CC2)c1. The predicted octanol–water partition coefficient (Wildman–Crippen LogP) is 3.18. The number of aromatic nitrogens is 3. The molecule has 0 aliphatic carbocycles. The Kier molecular flexibility index (Phi) is 6.13. The Bertz CT molecular complexity index is 1180. The molecule has 0 spiro atoms. The normalized spacial score (nSPS) is 15.0. The third kappa shape index (κ3) is 4.57. The Balaban J connectivity index is 1.60. The maximum atomic E-state index is 13.2. The van der Waals surface area contributed by atoms with Crippen LogP contribution in [0.5, 0.6) is 5.75 Å². The molecule has 1 aromatic carbocycles. The van der Waals surface area contributed by atoms with Gasteiger partial charge in [0.15, 0.2) is 5.82 Å². The van der Waals surface area contributed by atoms with E-state index in [2.05, 4.69) is 26.4 Å². The number of pyridine rings is 1. The molecule has 0 radical (unpaired) electrons. The van der Waals surface area contributed by atoms with Crippen LogP contribution in [0.1, 0.15) is 29.6 Å². The molecule has 1 fully saturated rings. The largest absolute Gasteiger partial charge is 0.495 e. The fourth-order valence-electron chi connectivity index (χ4n) is 4.07. The molecule has 170 valence electrons. The number of hydrogen-bond donors (Lipinski definition) is 2. The second kappa shape index (κ2) is 9.16. The monoisotopic (exact) mass is 449 g/mol. The van der Waals surface area contributed by atoms with Crippen molar-refractivity contribution < 1.29 is 13.9 Å². The minimum Gasteiger partial charge on any atom is -0.495 e. The molecule has 1 aliphatic rings. The van der Waals surface area contributed by atoms with E-state index in [4.69, 9.17) is 10.5 Å². The highest BCUT2D eigenvalue weighted by Gasteiger charge is 2.38. The second-order valence-corrected chi connectivity index (χ2v) is 7.96. The van der Waals surface area contributed by atoms with Gasteiger partial charge in [0.25, 0.3) is 5.91 Å². The summed E-state index contributed by atoms with van der Waals surface area (Å²) in [6, 6.07) is 9.91. The van der Waals surface area contributed by atoms with Crippen LogP contribution in [-0.4, -0.2) is 40.9 Å². The van der Waals surface area contributed by atoms with E-state index in [0.717, 1.165) is 5.69 Å². The molecule has 0 unspecified atom stereocenters. The molecule has 2 aromatic heterocycles.